The lowest BCUT2D eigenvalue weighted by Gasteiger charge is -2.26. The van der Waals surface area contributed by atoms with Gasteiger partial charge in [-0.15, -0.1) is 11.3 Å². The first-order valence-corrected chi connectivity index (χ1v) is 11.2. The van der Waals surface area contributed by atoms with Crippen molar-refractivity contribution in [2.75, 3.05) is 20.8 Å². The molecule has 3 heterocycles. The van der Waals surface area contributed by atoms with Gasteiger partial charge in [-0.1, -0.05) is 0 Å². The van der Waals surface area contributed by atoms with Crippen molar-refractivity contribution in [3.8, 4) is 11.5 Å². The molecule has 1 atom stereocenters. The number of benzene rings is 1. The lowest BCUT2D eigenvalue weighted by atomic mass is 10.0. The van der Waals surface area contributed by atoms with Crippen molar-refractivity contribution < 1.29 is 14.3 Å². The van der Waals surface area contributed by atoms with Gasteiger partial charge in [-0.25, -0.2) is 4.98 Å². The SMILES string of the molecule is COc1ccc(C2CCCN2C(=O)CCn2cnc3sc(C)c(C)c3c2=O)c(OC)c1. The van der Waals surface area contributed by atoms with Gasteiger partial charge in [0.2, 0.25) is 5.91 Å². The van der Waals surface area contributed by atoms with Gasteiger partial charge in [0.25, 0.3) is 5.56 Å². The van der Waals surface area contributed by atoms with Crippen LogP contribution < -0.4 is 15.0 Å². The number of fused-ring (bicyclic) bond motifs is 1. The second kappa shape index (κ2) is 8.70. The molecule has 1 aliphatic rings. The monoisotopic (exact) mass is 441 g/mol. The molecule has 2 aromatic heterocycles. The number of likely N-dealkylation sites (tertiary alicyclic amines) is 1. The van der Waals surface area contributed by atoms with Gasteiger partial charge >= 0.3 is 0 Å². The van der Waals surface area contributed by atoms with E-state index < -0.39 is 0 Å². The minimum absolute atomic E-state index is 0.0330. The number of carbonyl (C=O) groups excluding carboxylic acids is 1. The standard InChI is InChI=1S/C23H27N3O4S/c1-14-15(2)31-22-21(14)23(28)25(13-24-22)11-9-20(27)26-10-5-6-18(26)17-8-7-16(29-3)12-19(17)30-4/h7-8,12-13,18H,5-6,9-11H2,1-4H3. The molecule has 0 bridgehead atoms. The number of nitrogens with zero attached hydrogens (tertiary/aromatic N) is 3. The highest BCUT2D eigenvalue weighted by molar-refractivity contribution is 7.18. The second-order valence-electron chi connectivity index (χ2n) is 7.81. The van der Waals surface area contributed by atoms with Crippen LogP contribution in [0.1, 0.15) is 41.3 Å². The lowest BCUT2D eigenvalue weighted by molar-refractivity contribution is -0.132. The van der Waals surface area contributed by atoms with Crippen molar-refractivity contribution in [1.82, 2.24) is 14.5 Å². The third kappa shape index (κ3) is 3.92. The molecule has 1 amide bonds. The predicted molar refractivity (Wildman–Crippen MR) is 121 cm³/mol. The van der Waals surface area contributed by atoms with Gasteiger partial charge in [0.15, 0.2) is 0 Å². The van der Waals surface area contributed by atoms with Crippen LogP contribution in [0.4, 0.5) is 0 Å². The molecule has 4 rings (SSSR count). The van der Waals surface area contributed by atoms with Crippen LogP contribution in [0.25, 0.3) is 10.2 Å². The van der Waals surface area contributed by atoms with Crippen molar-refractivity contribution in [1.29, 1.82) is 0 Å². The van der Waals surface area contributed by atoms with E-state index in [0.717, 1.165) is 45.2 Å². The summed E-state index contributed by atoms with van der Waals surface area (Å²) in [4.78, 5) is 34.2. The largest absolute Gasteiger partial charge is 0.497 e. The number of thiophene rings is 1. The van der Waals surface area contributed by atoms with E-state index in [1.807, 2.05) is 36.9 Å². The highest BCUT2D eigenvalue weighted by Gasteiger charge is 2.31. The number of rotatable bonds is 6. The molecule has 164 valence electrons. The summed E-state index contributed by atoms with van der Waals surface area (Å²) in [6, 6.07) is 5.68. The van der Waals surface area contributed by atoms with E-state index in [0.29, 0.717) is 18.5 Å². The molecule has 7 nitrogen and oxygen atoms in total. The highest BCUT2D eigenvalue weighted by Crippen LogP contribution is 2.39. The summed E-state index contributed by atoms with van der Waals surface area (Å²) < 4.78 is 12.4. The fraction of sp³-hybridized carbons (Fsp3) is 0.435. The third-order valence-corrected chi connectivity index (χ3v) is 7.21. The average molecular weight is 442 g/mol. The van der Waals surface area contributed by atoms with E-state index in [1.165, 1.54) is 11.3 Å². The summed E-state index contributed by atoms with van der Waals surface area (Å²) in [5, 5.41) is 0.666. The zero-order chi connectivity index (χ0) is 22.1. The smallest absolute Gasteiger partial charge is 0.262 e. The maximum Gasteiger partial charge on any atom is 0.262 e. The number of aryl methyl sites for hydroxylation is 3. The topological polar surface area (TPSA) is 73.7 Å². The minimum Gasteiger partial charge on any atom is -0.497 e. The number of aromatic nitrogens is 2. The van der Waals surface area contributed by atoms with Crippen molar-refractivity contribution in [3.05, 3.63) is 50.9 Å². The molecule has 0 aliphatic carbocycles. The summed E-state index contributed by atoms with van der Waals surface area (Å²) in [6.45, 7) is 4.96. The summed E-state index contributed by atoms with van der Waals surface area (Å²) in [5.74, 6) is 1.47. The number of hydrogen-bond donors (Lipinski definition) is 0. The summed E-state index contributed by atoms with van der Waals surface area (Å²) in [5.41, 5.74) is 1.89. The zero-order valence-corrected chi connectivity index (χ0v) is 19.1. The Hall–Kier alpha value is -2.87. The minimum atomic E-state index is -0.0746. The van der Waals surface area contributed by atoms with Crippen molar-refractivity contribution in [2.45, 2.75) is 45.7 Å². The number of methoxy groups -OCH3 is 2. The first kappa shape index (κ1) is 21.4. The van der Waals surface area contributed by atoms with Gasteiger partial charge in [0.05, 0.1) is 32.0 Å². The molecule has 1 fully saturated rings. The maximum atomic E-state index is 13.1. The van der Waals surface area contributed by atoms with E-state index in [1.54, 1.807) is 25.1 Å². The predicted octanol–water partition coefficient (Wildman–Crippen LogP) is 3.85. The molecular weight excluding hydrogens is 414 g/mol. The van der Waals surface area contributed by atoms with E-state index >= 15 is 0 Å². The van der Waals surface area contributed by atoms with Crippen molar-refractivity contribution in [2.24, 2.45) is 0 Å². The Labute approximate surface area is 185 Å². The number of carbonyl (C=O) groups is 1. The van der Waals surface area contributed by atoms with Crippen LogP contribution in [0.15, 0.2) is 29.3 Å². The molecular formula is C23H27N3O4S. The lowest BCUT2D eigenvalue weighted by Crippen LogP contribution is -2.32. The fourth-order valence-electron chi connectivity index (χ4n) is 4.27. The van der Waals surface area contributed by atoms with E-state index in [4.69, 9.17) is 9.47 Å². The number of ether oxygens (including phenoxy) is 2. The highest BCUT2D eigenvalue weighted by atomic mass is 32.1. The van der Waals surface area contributed by atoms with Gasteiger partial charge in [0.1, 0.15) is 16.3 Å². The third-order valence-electron chi connectivity index (χ3n) is 6.10. The van der Waals surface area contributed by atoms with Gasteiger partial charge in [-0.3, -0.25) is 14.2 Å². The molecule has 8 heteroatoms. The van der Waals surface area contributed by atoms with Gasteiger partial charge < -0.3 is 14.4 Å². The van der Waals surface area contributed by atoms with Gasteiger partial charge in [0, 0.05) is 36.0 Å². The summed E-state index contributed by atoms with van der Waals surface area (Å²) in [7, 11) is 3.25. The molecule has 0 N–H and O–H groups in total. The maximum absolute atomic E-state index is 13.1. The molecule has 1 saturated heterocycles. The van der Waals surface area contributed by atoms with Crippen molar-refractivity contribution in [3.63, 3.8) is 0 Å². The van der Waals surface area contributed by atoms with Crippen LogP contribution >= 0.6 is 11.3 Å². The second-order valence-corrected chi connectivity index (χ2v) is 9.01. The van der Waals surface area contributed by atoms with E-state index in [9.17, 15) is 9.59 Å². The van der Waals surface area contributed by atoms with Gasteiger partial charge in [-0.05, 0) is 44.4 Å². The fourth-order valence-corrected chi connectivity index (χ4v) is 5.26. The molecule has 31 heavy (non-hydrogen) atoms. The quantitative estimate of drug-likeness (QED) is 0.581. The van der Waals surface area contributed by atoms with Crippen LogP contribution in [0, 0.1) is 13.8 Å². The Balaban J connectivity index is 1.52. The molecule has 0 spiro atoms. The Kier molecular flexibility index (Phi) is 6.00. The van der Waals surface area contributed by atoms with Crippen LogP contribution in [0.5, 0.6) is 11.5 Å². The first-order valence-electron chi connectivity index (χ1n) is 10.4. The van der Waals surface area contributed by atoms with E-state index in [2.05, 4.69) is 4.98 Å². The van der Waals surface area contributed by atoms with Crippen LogP contribution in [0.3, 0.4) is 0 Å². The van der Waals surface area contributed by atoms with Crippen molar-refractivity contribution >= 4 is 27.5 Å². The van der Waals surface area contributed by atoms with Gasteiger partial charge in [-0.2, -0.15) is 0 Å². The Morgan fingerprint density at radius 1 is 1.26 bits per heavy atom. The average Bonchev–Trinajstić information content (AvgIpc) is 3.37. The van der Waals surface area contributed by atoms with Crippen LogP contribution in [0.2, 0.25) is 0 Å². The zero-order valence-electron chi connectivity index (χ0n) is 18.3. The molecule has 0 saturated carbocycles. The van der Waals surface area contributed by atoms with Crippen LogP contribution in [-0.4, -0.2) is 41.1 Å². The normalized spacial score (nSPS) is 16.1. The van der Waals surface area contributed by atoms with Crippen LogP contribution in [-0.2, 0) is 11.3 Å². The number of hydrogen-bond acceptors (Lipinski definition) is 6. The Bertz CT molecular complexity index is 1180. The molecule has 1 aromatic carbocycles. The number of amides is 1. The summed E-state index contributed by atoms with van der Waals surface area (Å²) >= 11 is 1.53. The molecule has 1 unspecified atom stereocenters. The van der Waals surface area contributed by atoms with E-state index in [-0.39, 0.29) is 23.9 Å². The Morgan fingerprint density at radius 2 is 2.06 bits per heavy atom. The molecule has 0 radical (unpaired) electrons. The molecule has 1 aliphatic heterocycles. The Morgan fingerprint density at radius 3 is 2.81 bits per heavy atom. The summed E-state index contributed by atoms with van der Waals surface area (Å²) in [6.07, 6.45) is 3.63. The molecule has 3 aromatic rings. The first-order chi connectivity index (χ1) is 14.9.